The summed E-state index contributed by atoms with van der Waals surface area (Å²) in [5.74, 6) is 1.41. The summed E-state index contributed by atoms with van der Waals surface area (Å²) in [5, 5.41) is 20.4. The molecule has 0 spiro atoms. The Bertz CT molecular complexity index is 1520. The molecule has 39 heavy (non-hydrogen) atoms. The number of aliphatic hydroxyl groups is 1. The summed E-state index contributed by atoms with van der Waals surface area (Å²) in [7, 11) is 1.92. The first-order valence-electron chi connectivity index (χ1n) is 13.4. The summed E-state index contributed by atoms with van der Waals surface area (Å²) in [6.45, 7) is 0.929. The maximum atomic E-state index is 13.0. The zero-order valence-corrected chi connectivity index (χ0v) is 21.9. The molecule has 0 atom stereocenters. The van der Waals surface area contributed by atoms with Gasteiger partial charge in [0.05, 0.1) is 29.4 Å². The second-order valence-corrected chi connectivity index (χ2v) is 10.6. The molecule has 1 amide bonds. The van der Waals surface area contributed by atoms with Gasteiger partial charge in [-0.1, -0.05) is 24.3 Å². The van der Waals surface area contributed by atoms with Crippen LogP contribution in [0, 0.1) is 11.3 Å². The number of amides is 1. The lowest BCUT2D eigenvalue weighted by Crippen LogP contribution is -2.45. The Balaban J connectivity index is 1.07. The standard InChI is InChI=1S/C31H30N6O2/c1-36-20-28(35-30(36)27-11-9-25(19-34-27)23-7-8-23)31(39)12-14-37(15-13-31)29(38)16-22-4-10-26(33-18-22)24-5-2-21(17-32)3-6-24/h2-6,9-11,18-20,23,39H,7-8,12-16H2,1H3. The number of nitriles is 1. The van der Waals surface area contributed by atoms with E-state index in [-0.39, 0.29) is 12.3 Å². The van der Waals surface area contributed by atoms with E-state index in [1.165, 1.54) is 18.4 Å². The number of hydrogen-bond donors (Lipinski definition) is 1. The molecule has 196 valence electrons. The second-order valence-electron chi connectivity index (χ2n) is 10.6. The quantitative estimate of drug-likeness (QED) is 0.407. The molecule has 1 aliphatic heterocycles. The van der Waals surface area contributed by atoms with Crippen molar-refractivity contribution >= 4 is 5.91 Å². The van der Waals surface area contributed by atoms with Gasteiger partial charge in [0.15, 0.2) is 5.82 Å². The highest BCUT2D eigenvalue weighted by molar-refractivity contribution is 5.79. The van der Waals surface area contributed by atoms with Gasteiger partial charge in [-0.25, -0.2) is 4.98 Å². The predicted octanol–water partition coefficient (Wildman–Crippen LogP) is 4.35. The molecule has 1 saturated carbocycles. The van der Waals surface area contributed by atoms with E-state index in [2.05, 4.69) is 22.1 Å². The average Bonchev–Trinajstić information content (AvgIpc) is 3.75. The molecule has 0 bridgehead atoms. The summed E-state index contributed by atoms with van der Waals surface area (Å²) >= 11 is 0. The molecule has 4 heterocycles. The average molecular weight is 519 g/mol. The maximum Gasteiger partial charge on any atom is 0.227 e. The van der Waals surface area contributed by atoms with E-state index in [1.807, 2.05) is 59.2 Å². The molecule has 1 N–H and O–H groups in total. The normalized spacial score (nSPS) is 16.6. The summed E-state index contributed by atoms with van der Waals surface area (Å²) in [5.41, 5.74) is 4.78. The zero-order chi connectivity index (χ0) is 27.0. The lowest BCUT2D eigenvalue weighted by Gasteiger charge is -2.37. The van der Waals surface area contributed by atoms with Gasteiger partial charge in [0.2, 0.25) is 5.91 Å². The van der Waals surface area contributed by atoms with Gasteiger partial charge < -0.3 is 14.6 Å². The molecule has 6 rings (SSSR count). The molecular weight excluding hydrogens is 488 g/mol. The Morgan fingerprint density at radius 1 is 1.03 bits per heavy atom. The van der Waals surface area contributed by atoms with Crippen molar-refractivity contribution in [1.29, 1.82) is 5.26 Å². The van der Waals surface area contributed by atoms with Gasteiger partial charge in [-0.3, -0.25) is 14.8 Å². The third kappa shape index (κ3) is 5.18. The molecule has 1 saturated heterocycles. The number of benzene rings is 1. The van der Waals surface area contributed by atoms with E-state index in [1.54, 1.807) is 18.3 Å². The van der Waals surface area contributed by atoms with Crippen molar-refractivity contribution in [1.82, 2.24) is 24.4 Å². The van der Waals surface area contributed by atoms with Crippen LogP contribution in [0.3, 0.4) is 0 Å². The Hall–Kier alpha value is -4.35. The number of rotatable bonds is 6. The maximum absolute atomic E-state index is 13.0. The van der Waals surface area contributed by atoms with Gasteiger partial charge in [-0.05, 0) is 67.0 Å². The molecule has 0 unspecified atom stereocenters. The Labute approximate surface area is 227 Å². The highest BCUT2D eigenvalue weighted by Crippen LogP contribution is 2.40. The molecule has 8 nitrogen and oxygen atoms in total. The fraction of sp³-hybridized carbons (Fsp3) is 0.323. The monoisotopic (exact) mass is 518 g/mol. The van der Waals surface area contributed by atoms with Crippen molar-refractivity contribution in [2.45, 2.75) is 43.6 Å². The highest BCUT2D eigenvalue weighted by Gasteiger charge is 2.38. The van der Waals surface area contributed by atoms with E-state index < -0.39 is 5.60 Å². The lowest BCUT2D eigenvalue weighted by molar-refractivity contribution is -0.135. The van der Waals surface area contributed by atoms with Crippen LogP contribution in [0.1, 0.15) is 54.0 Å². The number of imidazole rings is 1. The number of pyridine rings is 2. The number of carbonyl (C=O) groups excluding carboxylic acids is 1. The van der Waals surface area contributed by atoms with E-state index in [4.69, 9.17) is 10.2 Å². The van der Waals surface area contributed by atoms with Crippen LogP contribution in [-0.4, -0.2) is 48.5 Å². The van der Waals surface area contributed by atoms with Gasteiger partial charge in [-0.15, -0.1) is 0 Å². The van der Waals surface area contributed by atoms with Crippen LogP contribution in [0.4, 0.5) is 0 Å². The van der Waals surface area contributed by atoms with Crippen LogP contribution in [0.5, 0.6) is 0 Å². The highest BCUT2D eigenvalue weighted by atomic mass is 16.3. The smallest absolute Gasteiger partial charge is 0.227 e. The van der Waals surface area contributed by atoms with E-state index in [0.717, 1.165) is 28.3 Å². The summed E-state index contributed by atoms with van der Waals surface area (Å²) in [6.07, 6.45) is 9.15. The summed E-state index contributed by atoms with van der Waals surface area (Å²) in [6, 6.07) is 17.3. The minimum atomic E-state index is -1.08. The van der Waals surface area contributed by atoms with Crippen molar-refractivity contribution in [3.8, 4) is 28.8 Å². The molecular formula is C31H30N6O2. The van der Waals surface area contributed by atoms with E-state index >= 15 is 0 Å². The van der Waals surface area contributed by atoms with Crippen LogP contribution >= 0.6 is 0 Å². The first kappa shape index (κ1) is 25.0. The minimum Gasteiger partial charge on any atom is -0.383 e. The third-order valence-electron chi connectivity index (χ3n) is 7.85. The zero-order valence-electron chi connectivity index (χ0n) is 21.9. The van der Waals surface area contributed by atoms with Crippen molar-refractivity contribution in [2.24, 2.45) is 7.05 Å². The third-order valence-corrected chi connectivity index (χ3v) is 7.85. The van der Waals surface area contributed by atoms with Crippen LogP contribution in [0.2, 0.25) is 0 Å². The van der Waals surface area contributed by atoms with Gasteiger partial charge >= 0.3 is 0 Å². The molecule has 0 radical (unpaired) electrons. The molecule has 3 aromatic heterocycles. The fourth-order valence-corrected chi connectivity index (χ4v) is 5.21. The SMILES string of the molecule is Cn1cc(C2(O)CCN(C(=O)Cc3ccc(-c4ccc(C#N)cc4)nc3)CC2)nc1-c1ccc(C2CC2)cn1. The summed E-state index contributed by atoms with van der Waals surface area (Å²) < 4.78 is 1.92. The van der Waals surface area contributed by atoms with Gasteiger partial charge in [0.1, 0.15) is 11.3 Å². The van der Waals surface area contributed by atoms with E-state index in [9.17, 15) is 9.90 Å². The molecule has 8 heteroatoms. The topological polar surface area (TPSA) is 108 Å². The Morgan fingerprint density at radius 2 is 1.74 bits per heavy atom. The van der Waals surface area contributed by atoms with Gasteiger partial charge in [0.25, 0.3) is 0 Å². The van der Waals surface area contributed by atoms with Crippen LogP contribution in [0.25, 0.3) is 22.8 Å². The van der Waals surface area contributed by atoms with Gasteiger partial charge in [-0.2, -0.15) is 5.26 Å². The summed E-state index contributed by atoms with van der Waals surface area (Å²) in [4.78, 5) is 28.7. The lowest BCUT2D eigenvalue weighted by atomic mass is 9.88. The van der Waals surface area contributed by atoms with Crippen molar-refractivity contribution in [3.63, 3.8) is 0 Å². The number of nitrogens with zero attached hydrogens (tertiary/aromatic N) is 6. The molecule has 1 aliphatic carbocycles. The number of piperidine rings is 1. The second kappa shape index (κ2) is 10.1. The predicted molar refractivity (Wildman–Crippen MR) is 146 cm³/mol. The molecule has 1 aromatic carbocycles. The molecule has 2 fully saturated rings. The van der Waals surface area contributed by atoms with E-state index in [0.29, 0.717) is 43.1 Å². The number of likely N-dealkylation sites (tertiary alicyclic amines) is 1. The van der Waals surface area contributed by atoms with Gasteiger partial charge in [0, 0.05) is 44.3 Å². The van der Waals surface area contributed by atoms with Crippen molar-refractivity contribution < 1.29 is 9.90 Å². The Kier molecular flexibility index (Phi) is 6.45. The number of aromatic nitrogens is 4. The first-order chi connectivity index (χ1) is 18.9. The molecule has 2 aliphatic rings. The van der Waals surface area contributed by atoms with Crippen LogP contribution < -0.4 is 0 Å². The van der Waals surface area contributed by atoms with Crippen molar-refractivity contribution in [3.05, 3.63) is 89.5 Å². The number of carbonyl (C=O) groups is 1. The largest absolute Gasteiger partial charge is 0.383 e. The fourth-order valence-electron chi connectivity index (χ4n) is 5.21. The van der Waals surface area contributed by atoms with Crippen LogP contribution in [0.15, 0.2) is 67.1 Å². The minimum absolute atomic E-state index is 0.0200. The number of hydrogen-bond acceptors (Lipinski definition) is 6. The molecule has 4 aromatic rings. The van der Waals surface area contributed by atoms with Crippen molar-refractivity contribution in [2.75, 3.05) is 13.1 Å². The van der Waals surface area contributed by atoms with Crippen LogP contribution in [-0.2, 0) is 23.9 Å². The first-order valence-corrected chi connectivity index (χ1v) is 13.4. The number of aryl methyl sites for hydroxylation is 1. The Morgan fingerprint density at radius 3 is 2.36 bits per heavy atom.